The summed E-state index contributed by atoms with van der Waals surface area (Å²) in [5.41, 5.74) is 3.08. The first-order valence-corrected chi connectivity index (χ1v) is 13.3. The first-order valence-electron chi connectivity index (χ1n) is 13.3. The number of carbonyl (C=O) groups is 1. The van der Waals surface area contributed by atoms with Crippen LogP contribution in [-0.2, 0) is 4.74 Å². The minimum Gasteiger partial charge on any atom is -0.378 e. The molecule has 8 nitrogen and oxygen atoms in total. The van der Waals surface area contributed by atoms with Gasteiger partial charge in [-0.25, -0.2) is 13.8 Å². The molecule has 1 amide bonds. The molecule has 3 aromatic rings. The number of fused-ring (bicyclic) bond motifs is 2. The van der Waals surface area contributed by atoms with E-state index < -0.39 is 11.6 Å². The number of carbonyl (C=O) groups excluding carboxylic acids is 1. The van der Waals surface area contributed by atoms with Crippen molar-refractivity contribution >= 4 is 28.4 Å². The van der Waals surface area contributed by atoms with E-state index in [-0.39, 0.29) is 11.9 Å². The number of ether oxygens (including phenoxy) is 1. The molecule has 1 unspecified atom stereocenters. The van der Waals surface area contributed by atoms with Crippen molar-refractivity contribution in [1.29, 1.82) is 0 Å². The number of aromatic nitrogens is 2. The zero-order valence-corrected chi connectivity index (χ0v) is 21.5. The molecular formula is C28H32F2N6O2. The third kappa shape index (κ3) is 4.90. The summed E-state index contributed by atoms with van der Waals surface area (Å²) >= 11 is 0. The molecule has 6 rings (SSSR count). The highest BCUT2D eigenvalue weighted by molar-refractivity contribution is 5.98. The maximum Gasteiger partial charge on any atom is 0.254 e. The number of rotatable bonds is 5. The van der Waals surface area contributed by atoms with E-state index in [1.165, 1.54) is 12.5 Å². The summed E-state index contributed by atoms with van der Waals surface area (Å²) in [4.78, 5) is 29.9. The van der Waals surface area contributed by atoms with Gasteiger partial charge in [0, 0.05) is 61.6 Å². The van der Waals surface area contributed by atoms with Crippen LogP contribution in [0.3, 0.4) is 0 Å². The third-order valence-electron chi connectivity index (χ3n) is 7.89. The van der Waals surface area contributed by atoms with Crippen molar-refractivity contribution < 1.29 is 18.3 Å². The topological polar surface area (TPSA) is 73.8 Å². The summed E-state index contributed by atoms with van der Waals surface area (Å²) in [5, 5.41) is 3.25. The van der Waals surface area contributed by atoms with Gasteiger partial charge in [0.25, 0.3) is 5.91 Å². The Balaban J connectivity index is 1.36. The van der Waals surface area contributed by atoms with Crippen LogP contribution in [0.4, 0.5) is 20.3 Å². The molecule has 3 aliphatic heterocycles. The number of halogens is 2. The molecule has 0 bridgehead atoms. The number of nitrogens with one attached hydrogen (secondary N) is 1. The third-order valence-corrected chi connectivity index (χ3v) is 7.89. The lowest BCUT2D eigenvalue weighted by Crippen LogP contribution is -2.52. The first kappa shape index (κ1) is 24.9. The number of benzene rings is 2. The Kier molecular flexibility index (Phi) is 6.84. The molecule has 1 aromatic heterocycles. The van der Waals surface area contributed by atoms with Crippen LogP contribution in [0, 0.1) is 11.6 Å². The maximum absolute atomic E-state index is 13.9. The molecule has 0 aliphatic carbocycles. The fourth-order valence-corrected chi connectivity index (χ4v) is 5.80. The minimum atomic E-state index is -0.920. The van der Waals surface area contributed by atoms with E-state index in [4.69, 9.17) is 14.7 Å². The molecule has 1 N–H and O–H groups in total. The molecule has 0 radical (unpaired) electrons. The lowest BCUT2D eigenvalue weighted by Gasteiger charge is -2.37. The van der Waals surface area contributed by atoms with Crippen LogP contribution in [0.2, 0.25) is 0 Å². The summed E-state index contributed by atoms with van der Waals surface area (Å²) in [6.07, 6.45) is 4.05. The highest BCUT2D eigenvalue weighted by atomic mass is 19.2. The fourth-order valence-electron chi connectivity index (χ4n) is 5.80. The van der Waals surface area contributed by atoms with Gasteiger partial charge in [-0.15, -0.1) is 0 Å². The summed E-state index contributed by atoms with van der Waals surface area (Å²) < 4.78 is 32.9. The van der Waals surface area contributed by atoms with Crippen LogP contribution >= 0.6 is 0 Å². The monoisotopic (exact) mass is 522 g/mol. The van der Waals surface area contributed by atoms with Gasteiger partial charge in [-0.05, 0) is 50.6 Å². The van der Waals surface area contributed by atoms with E-state index in [2.05, 4.69) is 15.1 Å². The smallest absolute Gasteiger partial charge is 0.254 e. The number of anilines is 2. The Morgan fingerprint density at radius 2 is 1.92 bits per heavy atom. The van der Waals surface area contributed by atoms with E-state index in [1.54, 1.807) is 6.20 Å². The number of piperazine rings is 1. The number of morpholine rings is 1. The minimum absolute atomic E-state index is 0.0150. The van der Waals surface area contributed by atoms with Gasteiger partial charge in [0.05, 0.1) is 36.5 Å². The van der Waals surface area contributed by atoms with Gasteiger partial charge in [0.15, 0.2) is 11.6 Å². The highest BCUT2D eigenvalue weighted by Crippen LogP contribution is 2.30. The zero-order valence-electron chi connectivity index (χ0n) is 21.5. The average Bonchev–Trinajstić information content (AvgIpc) is 3.42. The summed E-state index contributed by atoms with van der Waals surface area (Å²) in [5.74, 6) is -1.08. The first-order chi connectivity index (χ1) is 18.5. The quantitative estimate of drug-likeness (QED) is 0.546. The van der Waals surface area contributed by atoms with Gasteiger partial charge in [0.1, 0.15) is 5.82 Å². The maximum atomic E-state index is 13.9. The summed E-state index contributed by atoms with van der Waals surface area (Å²) in [6, 6.07) is 7.51. The summed E-state index contributed by atoms with van der Waals surface area (Å²) in [7, 11) is 0. The van der Waals surface area contributed by atoms with Gasteiger partial charge in [-0.3, -0.25) is 14.7 Å². The van der Waals surface area contributed by atoms with Gasteiger partial charge < -0.3 is 19.9 Å². The number of nitrogens with zero attached hydrogens (tertiary/aromatic N) is 5. The Bertz CT molecular complexity index is 1350. The Hall–Kier alpha value is -3.37. The molecule has 2 aromatic carbocycles. The van der Waals surface area contributed by atoms with Crippen LogP contribution < -0.4 is 10.2 Å². The lowest BCUT2D eigenvalue weighted by atomic mass is 10.0. The molecular weight excluding hydrogens is 490 g/mol. The normalized spacial score (nSPS) is 21.0. The number of hydrogen-bond acceptors (Lipinski definition) is 7. The van der Waals surface area contributed by atoms with Gasteiger partial charge in [-0.1, -0.05) is 0 Å². The largest absolute Gasteiger partial charge is 0.378 e. The van der Waals surface area contributed by atoms with Crippen LogP contribution in [0.15, 0.2) is 36.5 Å². The van der Waals surface area contributed by atoms with E-state index in [0.717, 1.165) is 62.7 Å². The molecule has 38 heavy (non-hydrogen) atoms. The molecule has 4 heterocycles. The molecule has 3 fully saturated rings. The second-order valence-electron chi connectivity index (χ2n) is 10.3. The molecule has 2 atom stereocenters. The van der Waals surface area contributed by atoms with E-state index >= 15 is 0 Å². The van der Waals surface area contributed by atoms with Crippen molar-refractivity contribution in [2.45, 2.75) is 31.8 Å². The van der Waals surface area contributed by atoms with Gasteiger partial charge >= 0.3 is 0 Å². The Labute approximate surface area is 220 Å². The van der Waals surface area contributed by atoms with E-state index in [9.17, 15) is 13.6 Å². The van der Waals surface area contributed by atoms with Gasteiger partial charge in [-0.2, -0.15) is 0 Å². The molecule has 200 valence electrons. The van der Waals surface area contributed by atoms with Crippen molar-refractivity contribution in [3.8, 4) is 0 Å². The molecule has 3 aliphatic rings. The molecule has 3 saturated heterocycles. The van der Waals surface area contributed by atoms with Crippen LogP contribution in [0.1, 0.15) is 41.7 Å². The molecule has 0 saturated carbocycles. The van der Waals surface area contributed by atoms with Gasteiger partial charge in [0.2, 0.25) is 0 Å². The predicted molar refractivity (Wildman–Crippen MR) is 141 cm³/mol. The van der Waals surface area contributed by atoms with E-state index in [0.29, 0.717) is 48.1 Å². The molecule has 10 heteroatoms. The standard InChI is InChI=1S/C28H32F2N6O2/c1-18(32-20-4-5-23(29)24(30)15-20)22-13-19(28(37)36-8-7-34-6-2-3-21(34)17-36)14-25-27(22)33-26(16-31-25)35-9-11-38-12-10-35/h4-5,13-16,18,21,32H,2-3,6-12,17H2,1H3/t18-,21?/m1/s1. The van der Waals surface area contributed by atoms with E-state index in [1.807, 2.05) is 24.0 Å². The van der Waals surface area contributed by atoms with Crippen LogP contribution in [0.5, 0.6) is 0 Å². The van der Waals surface area contributed by atoms with Crippen molar-refractivity contribution in [1.82, 2.24) is 19.8 Å². The second kappa shape index (κ2) is 10.4. The zero-order chi connectivity index (χ0) is 26.2. The van der Waals surface area contributed by atoms with Crippen molar-refractivity contribution in [2.24, 2.45) is 0 Å². The molecule has 0 spiro atoms. The SMILES string of the molecule is C[C@@H](Nc1ccc(F)c(F)c1)c1cc(C(=O)N2CCN3CCCC3C2)cc2ncc(N3CCOCC3)nc12. The van der Waals surface area contributed by atoms with Crippen LogP contribution in [-0.4, -0.2) is 84.2 Å². The lowest BCUT2D eigenvalue weighted by molar-refractivity contribution is 0.0571. The summed E-state index contributed by atoms with van der Waals surface area (Å²) in [6.45, 7) is 8.07. The Morgan fingerprint density at radius 3 is 2.74 bits per heavy atom. The second-order valence-corrected chi connectivity index (χ2v) is 10.3. The predicted octanol–water partition coefficient (Wildman–Crippen LogP) is 3.84. The fraction of sp³-hybridized carbons (Fsp3) is 0.464. The van der Waals surface area contributed by atoms with Crippen molar-refractivity contribution in [3.05, 3.63) is 59.3 Å². The number of amides is 1. The van der Waals surface area contributed by atoms with Crippen molar-refractivity contribution in [3.63, 3.8) is 0 Å². The average molecular weight is 523 g/mol. The van der Waals surface area contributed by atoms with Crippen LogP contribution in [0.25, 0.3) is 11.0 Å². The highest BCUT2D eigenvalue weighted by Gasteiger charge is 2.33. The Morgan fingerprint density at radius 1 is 1.08 bits per heavy atom. The number of hydrogen-bond donors (Lipinski definition) is 1. The van der Waals surface area contributed by atoms with Crippen molar-refractivity contribution in [2.75, 3.05) is 62.7 Å².